The number of amides is 1. The lowest BCUT2D eigenvalue weighted by molar-refractivity contribution is -0.120. The summed E-state index contributed by atoms with van der Waals surface area (Å²) in [6.07, 6.45) is 0.260. The van der Waals surface area contributed by atoms with Crippen LogP contribution in [0.1, 0.15) is 36.2 Å². The van der Waals surface area contributed by atoms with Gasteiger partial charge in [-0.3, -0.25) is 4.79 Å². The van der Waals surface area contributed by atoms with E-state index in [1.165, 1.54) is 11.3 Å². The Kier molecular flexibility index (Phi) is 6.12. The molecule has 2 rings (SSSR count). The number of carbonyl (C=O) groups is 1. The van der Waals surface area contributed by atoms with E-state index in [2.05, 4.69) is 24.1 Å². The maximum Gasteiger partial charge on any atom is 0.226 e. The van der Waals surface area contributed by atoms with Crippen molar-refractivity contribution in [2.24, 2.45) is 11.7 Å². The molecular formula is C17H23N3O2S. The van der Waals surface area contributed by atoms with Gasteiger partial charge in [0.2, 0.25) is 5.91 Å². The fourth-order valence-electron chi connectivity index (χ4n) is 2.11. The van der Waals surface area contributed by atoms with E-state index in [0.29, 0.717) is 12.5 Å². The topological polar surface area (TPSA) is 77.2 Å². The van der Waals surface area contributed by atoms with Crippen molar-refractivity contribution >= 4 is 17.2 Å². The van der Waals surface area contributed by atoms with Crippen LogP contribution in [-0.2, 0) is 17.8 Å². The predicted molar refractivity (Wildman–Crippen MR) is 92.4 cm³/mol. The molecular weight excluding hydrogens is 310 g/mol. The number of ether oxygens (including phenoxy) is 1. The number of rotatable bonds is 7. The number of para-hydroxylation sites is 1. The van der Waals surface area contributed by atoms with Crippen LogP contribution in [0, 0.1) is 5.92 Å². The lowest BCUT2D eigenvalue weighted by atomic mass is 10.1. The smallest absolute Gasteiger partial charge is 0.226 e. The van der Waals surface area contributed by atoms with Crippen molar-refractivity contribution in [3.05, 3.63) is 45.9 Å². The molecule has 0 aliphatic rings. The highest BCUT2D eigenvalue weighted by molar-refractivity contribution is 7.09. The van der Waals surface area contributed by atoms with Gasteiger partial charge in [0.25, 0.3) is 0 Å². The van der Waals surface area contributed by atoms with Gasteiger partial charge in [0.05, 0.1) is 25.3 Å². The van der Waals surface area contributed by atoms with Gasteiger partial charge >= 0.3 is 0 Å². The number of thiazole rings is 1. The molecule has 2 aromatic rings. The van der Waals surface area contributed by atoms with Crippen molar-refractivity contribution in [1.82, 2.24) is 10.3 Å². The number of nitrogens with two attached hydrogens (primary N) is 1. The third-order valence-corrected chi connectivity index (χ3v) is 4.58. The average Bonchev–Trinajstić information content (AvgIpc) is 3.00. The quantitative estimate of drug-likeness (QED) is 0.816. The Labute approximate surface area is 140 Å². The lowest BCUT2D eigenvalue weighted by Gasteiger charge is -2.11. The Balaban J connectivity index is 1.90. The Morgan fingerprint density at radius 1 is 1.39 bits per heavy atom. The Morgan fingerprint density at radius 2 is 2.13 bits per heavy atom. The van der Waals surface area contributed by atoms with Crippen LogP contribution >= 0.6 is 11.3 Å². The monoisotopic (exact) mass is 333 g/mol. The van der Waals surface area contributed by atoms with Crippen LogP contribution in [0.15, 0.2) is 29.6 Å². The maximum atomic E-state index is 12.1. The number of nitrogens with zero attached hydrogens (tertiary/aromatic N) is 1. The highest BCUT2D eigenvalue weighted by Gasteiger charge is 2.15. The van der Waals surface area contributed by atoms with E-state index < -0.39 is 0 Å². The predicted octanol–water partition coefficient (Wildman–Crippen LogP) is 2.67. The van der Waals surface area contributed by atoms with Crippen molar-refractivity contribution in [1.29, 1.82) is 0 Å². The fourth-order valence-corrected chi connectivity index (χ4v) is 3.10. The Hall–Kier alpha value is -1.92. The molecule has 6 heteroatoms. The fraction of sp³-hybridized carbons (Fsp3) is 0.412. The van der Waals surface area contributed by atoms with Gasteiger partial charge in [0, 0.05) is 17.5 Å². The van der Waals surface area contributed by atoms with Gasteiger partial charge in [0.1, 0.15) is 10.8 Å². The minimum atomic E-state index is -0.0783. The first-order valence-corrected chi connectivity index (χ1v) is 8.47. The molecule has 0 saturated carbocycles. The van der Waals surface area contributed by atoms with Gasteiger partial charge in [-0.2, -0.15) is 0 Å². The number of hydrogen-bond donors (Lipinski definition) is 2. The van der Waals surface area contributed by atoms with Gasteiger partial charge in [-0.25, -0.2) is 4.98 Å². The Bertz CT molecular complexity index is 655. The van der Waals surface area contributed by atoms with E-state index in [9.17, 15) is 4.79 Å². The molecule has 1 atom stereocenters. The van der Waals surface area contributed by atoms with Crippen LogP contribution in [-0.4, -0.2) is 18.0 Å². The summed E-state index contributed by atoms with van der Waals surface area (Å²) in [5, 5.41) is 5.68. The molecule has 0 spiro atoms. The summed E-state index contributed by atoms with van der Waals surface area (Å²) >= 11 is 1.51. The summed E-state index contributed by atoms with van der Waals surface area (Å²) in [7, 11) is 1.62. The highest BCUT2D eigenvalue weighted by atomic mass is 32.1. The second kappa shape index (κ2) is 8.08. The van der Waals surface area contributed by atoms with Crippen LogP contribution in [0.5, 0.6) is 5.75 Å². The van der Waals surface area contributed by atoms with Crippen molar-refractivity contribution < 1.29 is 9.53 Å². The zero-order chi connectivity index (χ0) is 16.8. The number of carbonyl (C=O) groups excluding carboxylic acids is 1. The summed E-state index contributed by atoms with van der Waals surface area (Å²) in [4.78, 5) is 16.5. The number of hydrogen-bond acceptors (Lipinski definition) is 5. The minimum absolute atomic E-state index is 0.0640. The summed E-state index contributed by atoms with van der Waals surface area (Å²) in [6.45, 7) is 4.56. The second-order valence-electron chi connectivity index (χ2n) is 5.71. The van der Waals surface area contributed by atoms with Crippen LogP contribution in [0.4, 0.5) is 0 Å². The van der Waals surface area contributed by atoms with Crippen LogP contribution in [0.3, 0.4) is 0 Å². The van der Waals surface area contributed by atoms with Crippen LogP contribution in [0.2, 0.25) is 0 Å². The van der Waals surface area contributed by atoms with E-state index in [1.54, 1.807) is 7.11 Å². The minimum Gasteiger partial charge on any atom is -0.496 e. The first-order valence-electron chi connectivity index (χ1n) is 7.59. The van der Waals surface area contributed by atoms with Gasteiger partial charge in [-0.15, -0.1) is 11.3 Å². The van der Waals surface area contributed by atoms with Gasteiger partial charge in [-0.1, -0.05) is 32.0 Å². The van der Waals surface area contributed by atoms with Gasteiger partial charge in [-0.05, 0) is 12.0 Å². The third-order valence-electron chi connectivity index (χ3n) is 3.58. The van der Waals surface area contributed by atoms with Crippen molar-refractivity contribution in [2.45, 2.75) is 32.9 Å². The van der Waals surface area contributed by atoms with E-state index in [-0.39, 0.29) is 18.4 Å². The molecule has 3 N–H and O–H groups in total. The molecule has 124 valence electrons. The number of methoxy groups -OCH3 is 1. The average molecular weight is 333 g/mol. The molecule has 23 heavy (non-hydrogen) atoms. The molecule has 1 amide bonds. The van der Waals surface area contributed by atoms with E-state index >= 15 is 0 Å². The van der Waals surface area contributed by atoms with E-state index in [0.717, 1.165) is 22.0 Å². The molecule has 5 nitrogen and oxygen atoms in total. The highest BCUT2D eigenvalue weighted by Crippen LogP contribution is 2.22. The van der Waals surface area contributed by atoms with Crippen molar-refractivity contribution in [3.63, 3.8) is 0 Å². The summed E-state index contributed by atoms with van der Waals surface area (Å²) < 4.78 is 5.27. The second-order valence-corrected chi connectivity index (χ2v) is 6.60. The first-order chi connectivity index (χ1) is 11.0. The summed E-state index contributed by atoms with van der Waals surface area (Å²) in [5.41, 5.74) is 7.79. The molecule has 1 unspecified atom stereocenters. The van der Waals surface area contributed by atoms with Gasteiger partial charge < -0.3 is 15.8 Å². The standard InChI is InChI=1S/C17H23N3O2S/c1-11(2)16(18)17-20-13(10-23-17)8-15(21)19-9-12-6-4-5-7-14(12)22-3/h4-7,10-11,16H,8-9,18H2,1-3H3,(H,19,21). The largest absolute Gasteiger partial charge is 0.496 e. The molecule has 1 aromatic carbocycles. The number of benzene rings is 1. The molecule has 1 aromatic heterocycles. The Morgan fingerprint density at radius 3 is 2.83 bits per heavy atom. The SMILES string of the molecule is COc1ccccc1CNC(=O)Cc1csc(C(N)C(C)C)n1. The number of aromatic nitrogens is 1. The molecule has 0 radical (unpaired) electrons. The van der Waals surface area contributed by atoms with E-state index in [1.807, 2.05) is 29.6 Å². The van der Waals surface area contributed by atoms with Crippen LogP contribution < -0.4 is 15.8 Å². The summed E-state index contributed by atoms with van der Waals surface area (Å²) in [5.74, 6) is 1.03. The number of nitrogens with one attached hydrogen (secondary N) is 1. The molecule has 0 fully saturated rings. The normalized spacial score (nSPS) is 12.2. The summed E-state index contributed by atoms with van der Waals surface area (Å²) in [6, 6.07) is 7.55. The zero-order valence-electron chi connectivity index (χ0n) is 13.7. The van der Waals surface area contributed by atoms with Crippen LogP contribution in [0.25, 0.3) is 0 Å². The molecule has 0 bridgehead atoms. The zero-order valence-corrected chi connectivity index (χ0v) is 14.5. The van der Waals surface area contributed by atoms with Crippen molar-refractivity contribution in [3.8, 4) is 5.75 Å². The third kappa shape index (κ3) is 4.77. The maximum absolute atomic E-state index is 12.1. The molecule has 0 aliphatic carbocycles. The molecule has 1 heterocycles. The lowest BCUT2D eigenvalue weighted by Crippen LogP contribution is -2.25. The first kappa shape index (κ1) is 17.4. The van der Waals surface area contributed by atoms with E-state index in [4.69, 9.17) is 10.5 Å². The van der Waals surface area contributed by atoms with Crippen molar-refractivity contribution in [2.75, 3.05) is 7.11 Å². The molecule has 0 saturated heterocycles. The van der Waals surface area contributed by atoms with Gasteiger partial charge in [0.15, 0.2) is 0 Å². The molecule has 0 aliphatic heterocycles.